The molecule has 28 heavy (non-hydrogen) atoms. The van der Waals surface area contributed by atoms with Gasteiger partial charge in [0.2, 0.25) is 5.91 Å². The quantitative estimate of drug-likeness (QED) is 0.826. The number of rotatable bonds is 4. The van der Waals surface area contributed by atoms with Crippen molar-refractivity contribution in [2.75, 3.05) is 38.2 Å². The molecule has 4 rings (SSSR count). The summed E-state index contributed by atoms with van der Waals surface area (Å²) in [7, 11) is 1.69. The van der Waals surface area contributed by atoms with Crippen LogP contribution in [0.3, 0.4) is 0 Å². The van der Waals surface area contributed by atoms with Crippen molar-refractivity contribution < 1.29 is 9.53 Å². The number of para-hydroxylation sites is 2. The standard InChI is InChI=1S/C21H25ClN4O2/c1-28-20-5-3-2-4-19(20)25-10-12-26(13-11-25)21(27)18-14-17(23-24-18)15-6-8-16(22)9-7-15/h2-9,17-18,23-24H,10-14H2,1H3. The highest BCUT2D eigenvalue weighted by atomic mass is 35.5. The molecule has 2 saturated heterocycles. The highest BCUT2D eigenvalue weighted by molar-refractivity contribution is 6.30. The number of carbonyl (C=O) groups is 1. The van der Waals surface area contributed by atoms with Crippen LogP contribution >= 0.6 is 11.6 Å². The van der Waals surface area contributed by atoms with Gasteiger partial charge in [-0.2, -0.15) is 0 Å². The Bertz CT molecular complexity index is 821. The van der Waals surface area contributed by atoms with Gasteiger partial charge in [0.05, 0.1) is 12.8 Å². The van der Waals surface area contributed by atoms with Gasteiger partial charge in [0, 0.05) is 37.2 Å². The van der Waals surface area contributed by atoms with E-state index in [4.69, 9.17) is 16.3 Å². The first-order valence-electron chi connectivity index (χ1n) is 9.59. The number of amides is 1. The van der Waals surface area contributed by atoms with E-state index in [1.165, 1.54) is 0 Å². The smallest absolute Gasteiger partial charge is 0.241 e. The van der Waals surface area contributed by atoms with E-state index in [2.05, 4.69) is 21.8 Å². The number of carbonyl (C=O) groups excluding carboxylic acids is 1. The minimum absolute atomic E-state index is 0.112. The van der Waals surface area contributed by atoms with Crippen molar-refractivity contribution in [2.45, 2.75) is 18.5 Å². The fraction of sp³-hybridized carbons (Fsp3) is 0.381. The molecule has 0 radical (unpaired) electrons. The number of nitrogens with zero attached hydrogens (tertiary/aromatic N) is 2. The molecule has 1 amide bonds. The van der Waals surface area contributed by atoms with E-state index in [0.29, 0.717) is 13.1 Å². The third kappa shape index (κ3) is 3.94. The fourth-order valence-corrected chi connectivity index (χ4v) is 4.04. The molecule has 0 saturated carbocycles. The van der Waals surface area contributed by atoms with Crippen LogP contribution in [-0.2, 0) is 4.79 Å². The Morgan fingerprint density at radius 3 is 2.46 bits per heavy atom. The molecular formula is C21H25ClN4O2. The second-order valence-corrected chi connectivity index (χ2v) is 7.60. The molecule has 0 aliphatic carbocycles. The van der Waals surface area contributed by atoms with Crippen LogP contribution in [0.15, 0.2) is 48.5 Å². The van der Waals surface area contributed by atoms with Crippen molar-refractivity contribution in [3.05, 3.63) is 59.1 Å². The molecule has 0 aromatic heterocycles. The van der Waals surface area contributed by atoms with Gasteiger partial charge in [-0.25, -0.2) is 10.9 Å². The van der Waals surface area contributed by atoms with Crippen LogP contribution in [0, 0.1) is 0 Å². The molecule has 0 bridgehead atoms. The molecule has 2 N–H and O–H groups in total. The zero-order valence-corrected chi connectivity index (χ0v) is 16.7. The number of nitrogens with one attached hydrogen (secondary N) is 2. The molecule has 2 heterocycles. The SMILES string of the molecule is COc1ccccc1N1CCN(C(=O)C2CC(c3ccc(Cl)cc3)NN2)CC1. The first kappa shape index (κ1) is 19.1. The van der Waals surface area contributed by atoms with Crippen LogP contribution in [0.1, 0.15) is 18.0 Å². The highest BCUT2D eigenvalue weighted by Gasteiger charge is 2.34. The average Bonchev–Trinajstić information content (AvgIpc) is 3.24. The summed E-state index contributed by atoms with van der Waals surface area (Å²) >= 11 is 5.97. The lowest BCUT2D eigenvalue weighted by Gasteiger charge is -2.37. The van der Waals surface area contributed by atoms with Crippen LogP contribution in [0.2, 0.25) is 5.02 Å². The highest BCUT2D eigenvalue weighted by Crippen LogP contribution is 2.29. The number of hydrogen-bond donors (Lipinski definition) is 2. The summed E-state index contributed by atoms with van der Waals surface area (Å²) in [5.74, 6) is 1.03. The lowest BCUT2D eigenvalue weighted by Crippen LogP contribution is -2.53. The van der Waals surface area contributed by atoms with E-state index < -0.39 is 0 Å². The number of benzene rings is 2. The predicted molar refractivity (Wildman–Crippen MR) is 111 cm³/mol. The van der Waals surface area contributed by atoms with Crippen molar-refractivity contribution in [1.82, 2.24) is 15.8 Å². The molecule has 6 nitrogen and oxygen atoms in total. The van der Waals surface area contributed by atoms with Gasteiger partial charge in [0.15, 0.2) is 0 Å². The fourth-order valence-electron chi connectivity index (χ4n) is 3.91. The van der Waals surface area contributed by atoms with Crippen LogP contribution in [0.5, 0.6) is 5.75 Å². The van der Waals surface area contributed by atoms with Crippen molar-refractivity contribution in [3.8, 4) is 5.75 Å². The largest absolute Gasteiger partial charge is 0.495 e. The molecule has 2 atom stereocenters. The summed E-state index contributed by atoms with van der Waals surface area (Å²) in [5, 5.41) is 0.718. The predicted octanol–water partition coefficient (Wildman–Crippen LogP) is 2.61. The number of hydrazine groups is 1. The Labute approximate surface area is 170 Å². The van der Waals surface area contributed by atoms with Gasteiger partial charge in [-0.1, -0.05) is 35.9 Å². The number of piperazine rings is 1. The van der Waals surface area contributed by atoms with Gasteiger partial charge in [-0.3, -0.25) is 4.79 Å². The minimum Gasteiger partial charge on any atom is -0.495 e. The van der Waals surface area contributed by atoms with E-state index in [9.17, 15) is 4.79 Å². The molecule has 2 aliphatic rings. The second kappa shape index (κ2) is 8.39. The van der Waals surface area contributed by atoms with E-state index in [0.717, 1.165) is 41.5 Å². The van der Waals surface area contributed by atoms with Crippen LogP contribution in [0.25, 0.3) is 0 Å². The first-order chi connectivity index (χ1) is 13.7. The van der Waals surface area contributed by atoms with Gasteiger partial charge in [-0.05, 0) is 36.2 Å². The maximum atomic E-state index is 13.0. The summed E-state index contributed by atoms with van der Waals surface area (Å²) in [6.07, 6.45) is 0.729. The third-order valence-corrected chi connectivity index (χ3v) is 5.74. The number of ether oxygens (including phenoxy) is 1. The zero-order chi connectivity index (χ0) is 19.5. The monoisotopic (exact) mass is 400 g/mol. The summed E-state index contributed by atoms with van der Waals surface area (Å²) < 4.78 is 5.47. The van der Waals surface area contributed by atoms with Crippen molar-refractivity contribution in [2.24, 2.45) is 0 Å². The van der Waals surface area contributed by atoms with Gasteiger partial charge in [0.25, 0.3) is 0 Å². The summed E-state index contributed by atoms with van der Waals surface area (Å²) in [5.41, 5.74) is 8.63. The molecular weight excluding hydrogens is 376 g/mol. The van der Waals surface area contributed by atoms with Crippen molar-refractivity contribution in [1.29, 1.82) is 0 Å². The van der Waals surface area contributed by atoms with E-state index in [1.54, 1.807) is 7.11 Å². The van der Waals surface area contributed by atoms with Gasteiger partial charge < -0.3 is 14.5 Å². The zero-order valence-electron chi connectivity index (χ0n) is 15.9. The second-order valence-electron chi connectivity index (χ2n) is 7.17. The summed E-state index contributed by atoms with van der Waals surface area (Å²) in [6.45, 7) is 3.01. The third-order valence-electron chi connectivity index (χ3n) is 5.49. The normalized spacial score (nSPS) is 22.4. The Morgan fingerprint density at radius 1 is 1.04 bits per heavy atom. The van der Waals surface area contributed by atoms with Crippen molar-refractivity contribution in [3.63, 3.8) is 0 Å². The topological polar surface area (TPSA) is 56.8 Å². The lowest BCUT2D eigenvalue weighted by atomic mass is 10.0. The van der Waals surface area contributed by atoms with E-state index in [1.807, 2.05) is 47.4 Å². The maximum Gasteiger partial charge on any atom is 0.241 e. The van der Waals surface area contributed by atoms with Gasteiger partial charge >= 0.3 is 0 Å². The molecule has 2 unspecified atom stereocenters. The number of methoxy groups -OCH3 is 1. The Hall–Kier alpha value is -2.28. The minimum atomic E-state index is -0.210. The molecule has 7 heteroatoms. The van der Waals surface area contributed by atoms with Gasteiger partial charge in [-0.15, -0.1) is 0 Å². The Kier molecular flexibility index (Phi) is 5.71. The van der Waals surface area contributed by atoms with E-state index in [-0.39, 0.29) is 18.0 Å². The van der Waals surface area contributed by atoms with Gasteiger partial charge in [0.1, 0.15) is 11.8 Å². The molecule has 2 aromatic carbocycles. The Morgan fingerprint density at radius 2 is 1.75 bits per heavy atom. The maximum absolute atomic E-state index is 13.0. The molecule has 148 valence electrons. The number of halogens is 1. The van der Waals surface area contributed by atoms with Crippen LogP contribution < -0.4 is 20.5 Å². The van der Waals surface area contributed by atoms with Crippen molar-refractivity contribution >= 4 is 23.2 Å². The average molecular weight is 401 g/mol. The lowest BCUT2D eigenvalue weighted by molar-refractivity contribution is -0.133. The first-order valence-corrected chi connectivity index (χ1v) is 9.97. The van der Waals surface area contributed by atoms with E-state index >= 15 is 0 Å². The Balaban J connectivity index is 1.34. The number of hydrogen-bond acceptors (Lipinski definition) is 5. The number of anilines is 1. The molecule has 2 fully saturated rings. The molecule has 0 spiro atoms. The molecule has 2 aromatic rings. The van der Waals surface area contributed by atoms with Crippen LogP contribution in [-0.4, -0.2) is 50.1 Å². The van der Waals surface area contributed by atoms with Crippen LogP contribution in [0.4, 0.5) is 5.69 Å². The summed E-state index contributed by atoms with van der Waals surface area (Å²) in [6, 6.07) is 15.7. The summed E-state index contributed by atoms with van der Waals surface area (Å²) in [4.78, 5) is 17.2. The molecule has 2 aliphatic heterocycles.